The maximum Gasteiger partial charge on any atom is 0.317 e. The molecule has 0 saturated carbocycles. The van der Waals surface area contributed by atoms with Crippen LogP contribution >= 0.6 is 0 Å². The molecule has 0 aliphatic carbocycles. The first-order valence-electron chi connectivity index (χ1n) is 7.13. The van der Waals surface area contributed by atoms with Gasteiger partial charge in [-0.15, -0.1) is 0 Å². The van der Waals surface area contributed by atoms with Crippen LogP contribution in [0.5, 0.6) is 0 Å². The van der Waals surface area contributed by atoms with E-state index in [9.17, 15) is 9.59 Å². The Bertz CT molecular complexity index is 673. The normalized spacial score (nSPS) is 10.0. The number of pyridine rings is 2. The van der Waals surface area contributed by atoms with Gasteiger partial charge in [0.25, 0.3) is 5.91 Å². The Balaban J connectivity index is 1.93. The molecule has 0 spiro atoms. The molecule has 2 aromatic heterocycles. The van der Waals surface area contributed by atoms with Gasteiger partial charge in [0.2, 0.25) is 0 Å². The molecule has 0 unspecified atom stereocenters. The zero-order chi connectivity index (χ0) is 16.7. The molecule has 0 aromatic carbocycles. The average Bonchev–Trinajstić information content (AvgIpc) is 2.58. The summed E-state index contributed by atoms with van der Waals surface area (Å²) >= 11 is 0. The van der Waals surface area contributed by atoms with Crippen molar-refractivity contribution in [3.63, 3.8) is 0 Å². The Kier molecular flexibility index (Phi) is 5.62. The minimum atomic E-state index is -0.210. The summed E-state index contributed by atoms with van der Waals surface area (Å²) in [5.74, 6) is -0.198. The fourth-order valence-electron chi connectivity index (χ4n) is 1.83. The Labute approximate surface area is 134 Å². The SMILES string of the molecule is CN(C)C(=O)NCc1cc(C(=O)NCc2cccnc2)ccn1. The van der Waals surface area contributed by atoms with E-state index in [4.69, 9.17) is 0 Å². The van der Waals surface area contributed by atoms with Gasteiger partial charge in [0.15, 0.2) is 0 Å². The molecule has 2 N–H and O–H groups in total. The lowest BCUT2D eigenvalue weighted by atomic mass is 10.2. The van der Waals surface area contributed by atoms with Gasteiger partial charge < -0.3 is 15.5 Å². The summed E-state index contributed by atoms with van der Waals surface area (Å²) in [5, 5.41) is 5.53. The lowest BCUT2D eigenvalue weighted by Crippen LogP contribution is -2.34. The molecule has 120 valence electrons. The first kappa shape index (κ1) is 16.4. The van der Waals surface area contributed by atoms with Crippen molar-refractivity contribution in [3.8, 4) is 0 Å². The number of nitrogens with one attached hydrogen (secondary N) is 2. The topological polar surface area (TPSA) is 87.2 Å². The maximum atomic E-state index is 12.2. The maximum absolute atomic E-state index is 12.2. The molecule has 23 heavy (non-hydrogen) atoms. The van der Waals surface area contributed by atoms with Crippen molar-refractivity contribution in [3.05, 3.63) is 59.7 Å². The van der Waals surface area contributed by atoms with E-state index in [-0.39, 0.29) is 18.5 Å². The number of urea groups is 1. The third kappa shape index (κ3) is 5.06. The zero-order valence-electron chi connectivity index (χ0n) is 13.1. The largest absolute Gasteiger partial charge is 0.348 e. The lowest BCUT2D eigenvalue weighted by Gasteiger charge is -2.12. The van der Waals surface area contributed by atoms with Gasteiger partial charge in [0.05, 0.1) is 12.2 Å². The summed E-state index contributed by atoms with van der Waals surface area (Å²) in [7, 11) is 3.32. The standard InChI is InChI=1S/C16H19N5O2/c1-21(2)16(23)20-11-14-8-13(5-7-18-14)15(22)19-10-12-4-3-6-17-9-12/h3-9H,10-11H2,1-2H3,(H,19,22)(H,20,23). The molecule has 3 amide bonds. The molecule has 0 saturated heterocycles. The highest BCUT2D eigenvalue weighted by atomic mass is 16.2. The van der Waals surface area contributed by atoms with Gasteiger partial charge in [0, 0.05) is 44.8 Å². The smallest absolute Gasteiger partial charge is 0.317 e. The van der Waals surface area contributed by atoms with Gasteiger partial charge in [-0.1, -0.05) is 6.07 Å². The molecular formula is C16H19N5O2. The number of aromatic nitrogens is 2. The second kappa shape index (κ2) is 7.88. The predicted molar refractivity (Wildman–Crippen MR) is 85.6 cm³/mol. The van der Waals surface area contributed by atoms with Crippen molar-refractivity contribution in [2.45, 2.75) is 13.1 Å². The summed E-state index contributed by atoms with van der Waals surface area (Å²) in [5.41, 5.74) is 2.04. The van der Waals surface area contributed by atoms with E-state index in [1.54, 1.807) is 44.8 Å². The van der Waals surface area contributed by atoms with Crippen molar-refractivity contribution in [1.29, 1.82) is 0 Å². The Morgan fingerprint density at radius 3 is 2.65 bits per heavy atom. The minimum absolute atomic E-state index is 0.198. The van der Waals surface area contributed by atoms with E-state index in [1.165, 1.54) is 4.90 Å². The molecule has 0 fully saturated rings. The summed E-state index contributed by atoms with van der Waals surface area (Å²) in [6.45, 7) is 0.669. The summed E-state index contributed by atoms with van der Waals surface area (Å²) in [6, 6.07) is 6.80. The molecule has 2 rings (SSSR count). The predicted octanol–water partition coefficient (Wildman–Crippen LogP) is 1.18. The molecule has 0 radical (unpaired) electrons. The highest BCUT2D eigenvalue weighted by Crippen LogP contribution is 2.03. The van der Waals surface area contributed by atoms with Gasteiger partial charge in [-0.2, -0.15) is 0 Å². The fourth-order valence-corrected chi connectivity index (χ4v) is 1.83. The monoisotopic (exact) mass is 313 g/mol. The van der Waals surface area contributed by atoms with Crippen molar-refractivity contribution in [1.82, 2.24) is 25.5 Å². The zero-order valence-corrected chi connectivity index (χ0v) is 13.1. The van der Waals surface area contributed by atoms with E-state index in [2.05, 4.69) is 20.6 Å². The molecule has 7 heteroatoms. The van der Waals surface area contributed by atoms with Crippen LogP contribution in [0.2, 0.25) is 0 Å². The van der Waals surface area contributed by atoms with Crippen LogP contribution in [0.1, 0.15) is 21.6 Å². The average molecular weight is 313 g/mol. The highest BCUT2D eigenvalue weighted by Gasteiger charge is 2.08. The molecule has 7 nitrogen and oxygen atoms in total. The minimum Gasteiger partial charge on any atom is -0.348 e. The Morgan fingerprint density at radius 2 is 1.96 bits per heavy atom. The quantitative estimate of drug-likeness (QED) is 0.867. The van der Waals surface area contributed by atoms with Crippen LogP contribution in [0.25, 0.3) is 0 Å². The molecule has 0 aliphatic heterocycles. The van der Waals surface area contributed by atoms with Crippen LogP contribution < -0.4 is 10.6 Å². The molecule has 2 heterocycles. The van der Waals surface area contributed by atoms with Gasteiger partial charge in [0.1, 0.15) is 0 Å². The highest BCUT2D eigenvalue weighted by molar-refractivity contribution is 5.94. The number of amides is 3. The van der Waals surface area contributed by atoms with E-state index < -0.39 is 0 Å². The van der Waals surface area contributed by atoms with Crippen LogP contribution in [0.4, 0.5) is 4.79 Å². The summed E-state index contributed by atoms with van der Waals surface area (Å²) in [6.07, 6.45) is 4.94. The van der Waals surface area contributed by atoms with Gasteiger partial charge in [-0.25, -0.2) is 4.79 Å². The van der Waals surface area contributed by atoms with Crippen molar-refractivity contribution >= 4 is 11.9 Å². The van der Waals surface area contributed by atoms with E-state index in [0.717, 1.165) is 5.56 Å². The molecular weight excluding hydrogens is 294 g/mol. The van der Waals surface area contributed by atoms with Crippen LogP contribution in [0, 0.1) is 0 Å². The van der Waals surface area contributed by atoms with Crippen LogP contribution in [0.15, 0.2) is 42.9 Å². The molecule has 0 aliphatic rings. The Morgan fingerprint density at radius 1 is 1.13 bits per heavy atom. The number of nitrogens with zero attached hydrogens (tertiary/aromatic N) is 3. The second-order valence-electron chi connectivity index (χ2n) is 5.13. The Hall–Kier alpha value is -2.96. The second-order valence-corrected chi connectivity index (χ2v) is 5.13. The van der Waals surface area contributed by atoms with E-state index >= 15 is 0 Å². The third-order valence-corrected chi connectivity index (χ3v) is 3.08. The lowest BCUT2D eigenvalue weighted by molar-refractivity contribution is 0.0950. The first-order valence-corrected chi connectivity index (χ1v) is 7.13. The molecule has 0 atom stereocenters. The number of carbonyl (C=O) groups excluding carboxylic acids is 2. The van der Waals surface area contributed by atoms with Gasteiger partial charge in [-0.05, 0) is 23.8 Å². The third-order valence-electron chi connectivity index (χ3n) is 3.08. The van der Waals surface area contributed by atoms with Gasteiger partial charge >= 0.3 is 6.03 Å². The summed E-state index contributed by atoms with van der Waals surface area (Å²) < 4.78 is 0. The van der Waals surface area contributed by atoms with Crippen molar-refractivity contribution in [2.75, 3.05) is 14.1 Å². The molecule has 2 aromatic rings. The van der Waals surface area contributed by atoms with Crippen LogP contribution in [0.3, 0.4) is 0 Å². The molecule has 0 bridgehead atoms. The summed E-state index contributed by atoms with van der Waals surface area (Å²) in [4.78, 5) is 33.2. The van der Waals surface area contributed by atoms with Crippen molar-refractivity contribution in [2.24, 2.45) is 0 Å². The van der Waals surface area contributed by atoms with E-state index in [1.807, 2.05) is 12.1 Å². The first-order chi connectivity index (χ1) is 11.1. The number of hydrogen-bond donors (Lipinski definition) is 2. The van der Waals surface area contributed by atoms with Crippen molar-refractivity contribution < 1.29 is 9.59 Å². The number of hydrogen-bond acceptors (Lipinski definition) is 4. The van der Waals surface area contributed by atoms with Gasteiger partial charge in [-0.3, -0.25) is 14.8 Å². The van der Waals surface area contributed by atoms with Crippen LogP contribution in [-0.4, -0.2) is 40.9 Å². The van der Waals surface area contributed by atoms with Crippen LogP contribution in [-0.2, 0) is 13.1 Å². The number of carbonyl (C=O) groups is 2. The van der Waals surface area contributed by atoms with E-state index in [0.29, 0.717) is 17.8 Å². The number of rotatable bonds is 5. The fraction of sp³-hybridized carbons (Fsp3) is 0.250.